The second-order valence-electron chi connectivity index (χ2n) is 4.39. The van der Waals surface area contributed by atoms with Crippen LogP contribution in [0.1, 0.15) is 28.5 Å². The summed E-state index contributed by atoms with van der Waals surface area (Å²) in [5.74, 6) is 0.479. The highest BCUT2D eigenvalue weighted by molar-refractivity contribution is 6.21. The van der Waals surface area contributed by atoms with E-state index in [1.54, 1.807) is 0 Å². The summed E-state index contributed by atoms with van der Waals surface area (Å²) in [5, 5.41) is 0.104. The van der Waals surface area contributed by atoms with Gasteiger partial charge in [-0.2, -0.15) is 0 Å². The van der Waals surface area contributed by atoms with Gasteiger partial charge in [-0.15, -0.1) is 11.6 Å². The first-order valence-electron chi connectivity index (χ1n) is 5.47. The highest BCUT2D eigenvalue weighted by Gasteiger charge is 2.26. The summed E-state index contributed by atoms with van der Waals surface area (Å²) in [6.45, 7) is 5.90. The summed E-state index contributed by atoms with van der Waals surface area (Å²) in [4.78, 5) is 0. The van der Waals surface area contributed by atoms with Crippen molar-refractivity contribution in [2.75, 3.05) is 13.2 Å². The van der Waals surface area contributed by atoms with Crippen LogP contribution in [0.15, 0.2) is 18.2 Å². The first-order valence-corrected chi connectivity index (χ1v) is 5.91. The summed E-state index contributed by atoms with van der Waals surface area (Å²) in [5.41, 5.74) is 3.83. The molecule has 1 saturated heterocycles. The number of hydrogen-bond donors (Lipinski definition) is 0. The maximum absolute atomic E-state index is 6.51. The van der Waals surface area contributed by atoms with Crippen molar-refractivity contribution in [1.82, 2.24) is 0 Å². The third-order valence-corrected chi connectivity index (χ3v) is 3.70. The van der Waals surface area contributed by atoms with Crippen LogP contribution in [-0.4, -0.2) is 13.2 Å². The Morgan fingerprint density at radius 1 is 1.40 bits per heavy atom. The summed E-state index contributed by atoms with van der Waals surface area (Å²) < 4.78 is 5.39. The summed E-state index contributed by atoms with van der Waals surface area (Å²) in [7, 11) is 0. The van der Waals surface area contributed by atoms with E-state index in [2.05, 4.69) is 32.0 Å². The molecule has 1 aliphatic rings. The molecule has 1 aliphatic heterocycles. The van der Waals surface area contributed by atoms with E-state index in [0.29, 0.717) is 5.92 Å². The van der Waals surface area contributed by atoms with Crippen molar-refractivity contribution < 1.29 is 4.74 Å². The topological polar surface area (TPSA) is 9.23 Å². The van der Waals surface area contributed by atoms with Gasteiger partial charge in [0.1, 0.15) is 0 Å². The van der Waals surface area contributed by atoms with Gasteiger partial charge in [0.05, 0.1) is 12.0 Å². The van der Waals surface area contributed by atoms with E-state index >= 15 is 0 Å². The standard InChI is InChI=1S/C13H17ClO/c1-9-3-4-10(2)12(7-9)13(14)11-5-6-15-8-11/h3-4,7,11,13H,5-6,8H2,1-2H3. The van der Waals surface area contributed by atoms with Crippen LogP contribution in [-0.2, 0) is 4.74 Å². The van der Waals surface area contributed by atoms with Crippen LogP contribution in [0, 0.1) is 19.8 Å². The number of benzene rings is 1. The lowest BCUT2D eigenvalue weighted by Crippen LogP contribution is -2.09. The van der Waals surface area contributed by atoms with E-state index < -0.39 is 0 Å². The zero-order valence-corrected chi connectivity index (χ0v) is 10.1. The number of halogens is 1. The quantitative estimate of drug-likeness (QED) is 0.698. The molecule has 82 valence electrons. The molecular weight excluding hydrogens is 208 g/mol. The Bertz CT molecular complexity index is 342. The fourth-order valence-corrected chi connectivity index (χ4v) is 2.53. The van der Waals surface area contributed by atoms with Gasteiger partial charge in [-0.25, -0.2) is 0 Å². The van der Waals surface area contributed by atoms with E-state index in [0.717, 1.165) is 19.6 Å². The number of alkyl halides is 1. The van der Waals surface area contributed by atoms with Gasteiger partial charge in [-0.3, -0.25) is 0 Å². The predicted molar refractivity (Wildman–Crippen MR) is 63.4 cm³/mol. The molecular formula is C13H17ClO. The predicted octanol–water partition coefficient (Wildman–Crippen LogP) is 3.62. The smallest absolute Gasteiger partial charge is 0.0638 e. The summed E-state index contributed by atoms with van der Waals surface area (Å²) >= 11 is 6.51. The molecule has 1 aromatic rings. The maximum atomic E-state index is 6.51. The lowest BCUT2D eigenvalue weighted by Gasteiger charge is -2.18. The largest absolute Gasteiger partial charge is 0.381 e. The van der Waals surface area contributed by atoms with Crippen molar-refractivity contribution in [2.24, 2.45) is 5.92 Å². The minimum atomic E-state index is 0.104. The van der Waals surface area contributed by atoms with E-state index in [-0.39, 0.29) is 5.38 Å². The fourth-order valence-electron chi connectivity index (χ4n) is 2.09. The Hall–Kier alpha value is -0.530. The second-order valence-corrected chi connectivity index (χ2v) is 4.86. The third kappa shape index (κ3) is 2.35. The Morgan fingerprint density at radius 2 is 2.20 bits per heavy atom. The van der Waals surface area contributed by atoms with E-state index in [4.69, 9.17) is 16.3 Å². The zero-order chi connectivity index (χ0) is 10.8. The van der Waals surface area contributed by atoms with Crippen LogP contribution in [0.3, 0.4) is 0 Å². The van der Waals surface area contributed by atoms with Crippen molar-refractivity contribution in [1.29, 1.82) is 0 Å². The van der Waals surface area contributed by atoms with Crippen LogP contribution in [0.5, 0.6) is 0 Å². The zero-order valence-electron chi connectivity index (χ0n) is 9.29. The highest BCUT2D eigenvalue weighted by atomic mass is 35.5. The minimum Gasteiger partial charge on any atom is -0.381 e. The molecule has 0 aliphatic carbocycles. The molecule has 2 rings (SSSR count). The van der Waals surface area contributed by atoms with Gasteiger partial charge in [0.2, 0.25) is 0 Å². The summed E-state index contributed by atoms with van der Waals surface area (Å²) in [6, 6.07) is 6.48. The molecule has 0 spiro atoms. The van der Waals surface area contributed by atoms with Crippen molar-refractivity contribution in [3.63, 3.8) is 0 Å². The first kappa shape index (κ1) is 11.0. The Kier molecular flexibility index (Phi) is 3.32. The first-order chi connectivity index (χ1) is 7.18. The molecule has 1 heterocycles. The second kappa shape index (κ2) is 4.54. The van der Waals surface area contributed by atoms with Crippen molar-refractivity contribution in [2.45, 2.75) is 25.6 Å². The third-order valence-electron chi connectivity index (χ3n) is 3.11. The van der Waals surface area contributed by atoms with Gasteiger partial charge in [0, 0.05) is 12.5 Å². The molecule has 0 saturated carbocycles. The van der Waals surface area contributed by atoms with Gasteiger partial charge in [-0.1, -0.05) is 23.8 Å². The Balaban J connectivity index is 2.23. The van der Waals surface area contributed by atoms with Crippen LogP contribution in [0.4, 0.5) is 0 Å². The molecule has 0 radical (unpaired) electrons. The molecule has 1 fully saturated rings. The summed E-state index contributed by atoms with van der Waals surface area (Å²) in [6.07, 6.45) is 1.08. The normalized spacial score (nSPS) is 23.0. The number of aryl methyl sites for hydroxylation is 2. The lowest BCUT2D eigenvalue weighted by molar-refractivity contribution is 0.185. The van der Waals surface area contributed by atoms with E-state index in [1.807, 2.05) is 0 Å². The molecule has 0 N–H and O–H groups in total. The molecule has 0 aromatic heterocycles. The molecule has 15 heavy (non-hydrogen) atoms. The van der Waals surface area contributed by atoms with Crippen LogP contribution < -0.4 is 0 Å². The molecule has 2 unspecified atom stereocenters. The maximum Gasteiger partial charge on any atom is 0.0638 e. The molecule has 2 heteroatoms. The van der Waals surface area contributed by atoms with E-state index in [1.165, 1.54) is 16.7 Å². The van der Waals surface area contributed by atoms with Crippen LogP contribution in [0.25, 0.3) is 0 Å². The monoisotopic (exact) mass is 224 g/mol. The van der Waals surface area contributed by atoms with Crippen LogP contribution in [0.2, 0.25) is 0 Å². The van der Waals surface area contributed by atoms with Crippen molar-refractivity contribution in [3.8, 4) is 0 Å². The SMILES string of the molecule is Cc1ccc(C)c(C(Cl)C2CCOC2)c1. The average Bonchev–Trinajstić information content (AvgIpc) is 2.74. The Labute approximate surface area is 96.4 Å². The number of rotatable bonds is 2. The van der Waals surface area contributed by atoms with Gasteiger partial charge >= 0.3 is 0 Å². The lowest BCUT2D eigenvalue weighted by atomic mass is 9.94. The molecule has 0 amide bonds. The van der Waals surface area contributed by atoms with Crippen molar-refractivity contribution in [3.05, 3.63) is 34.9 Å². The van der Waals surface area contributed by atoms with Crippen molar-refractivity contribution >= 4 is 11.6 Å². The van der Waals surface area contributed by atoms with Gasteiger partial charge < -0.3 is 4.74 Å². The molecule has 0 bridgehead atoms. The van der Waals surface area contributed by atoms with Gasteiger partial charge in [-0.05, 0) is 31.4 Å². The number of ether oxygens (including phenoxy) is 1. The van der Waals surface area contributed by atoms with Crippen LogP contribution >= 0.6 is 11.6 Å². The Morgan fingerprint density at radius 3 is 2.87 bits per heavy atom. The molecule has 1 nitrogen and oxygen atoms in total. The number of hydrogen-bond acceptors (Lipinski definition) is 1. The van der Waals surface area contributed by atoms with Gasteiger partial charge in [0.15, 0.2) is 0 Å². The average molecular weight is 225 g/mol. The highest BCUT2D eigenvalue weighted by Crippen LogP contribution is 2.36. The molecule has 2 atom stereocenters. The fraction of sp³-hybridized carbons (Fsp3) is 0.538. The minimum absolute atomic E-state index is 0.104. The van der Waals surface area contributed by atoms with Gasteiger partial charge in [0.25, 0.3) is 0 Å². The van der Waals surface area contributed by atoms with E-state index in [9.17, 15) is 0 Å². The molecule has 1 aromatic carbocycles.